The van der Waals surface area contributed by atoms with E-state index in [4.69, 9.17) is 5.73 Å². The van der Waals surface area contributed by atoms with Crippen LogP contribution in [0.4, 0.5) is 5.69 Å². The van der Waals surface area contributed by atoms with E-state index in [1.165, 1.54) is 0 Å². The number of nitrogen functional groups attached to an aromatic ring is 1. The highest BCUT2D eigenvalue weighted by molar-refractivity contribution is 7.88. The Balaban J connectivity index is 1.94. The molecule has 1 fully saturated rings. The number of nitrogens with two attached hydrogens (primary N) is 1. The van der Waals surface area contributed by atoms with E-state index in [2.05, 4.69) is 11.6 Å². The number of anilines is 1. The van der Waals surface area contributed by atoms with Crippen LogP contribution in [-0.4, -0.2) is 15.0 Å². The number of para-hydroxylation sites is 1. The summed E-state index contributed by atoms with van der Waals surface area (Å²) >= 11 is 0. The van der Waals surface area contributed by atoms with Gasteiger partial charge >= 0.3 is 0 Å². The maximum absolute atomic E-state index is 12.1. The van der Waals surface area contributed by atoms with Crippen LogP contribution >= 0.6 is 0 Å². The molecule has 2 rings (SSSR count). The lowest BCUT2D eigenvalue weighted by Gasteiger charge is -2.15. The molecular formula is C14H22N2O2S. The number of nitrogens with one attached hydrogen (secondary N) is 1. The van der Waals surface area contributed by atoms with E-state index in [0.717, 1.165) is 25.7 Å². The minimum atomic E-state index is -3.30. The summed E-state index contributed by atoms with van der Waals surface area (Å²) < 4.78 is 26.9. The van der Waals surface area contributed by atoms with E-state index in [1.807, 2.05) is 0 Å². The van der Waals surface area contributed by atoms with Gasteiger partial charge in [-0.1, -0.05) is 31.5 Å². The van der Waals surface area contributed by atoms with Crippen molar-refractivity contribution in [2.45, 2.75) is 38.4 Å². The van der Waals surface area contributed by atoms with Crippen LogP contribution in [0.15, 0.2) is 24.3 Å². The van der Waals surface area contributed by atoms with Crippen molar-refractivity contribution in [2.24, 2.45) is 5.41 Å². The van der Waals surface area contributed by atoms with Gasteiger partial charge in [-0.25, -0.2) is 13.1 Å². The van der Waals surface area contributed by atoms with Crippen LogP contribution < -0.4 is 10.5 Å². The second-order valence-corrected chi connectivity index (χ2v) is 7.34. The lowest BCUT2D eigenvalue weighted by molar-refractivity contribution is 0.449. The van der Waals surface area contributed by atoms with Crippen LogP contribution in [0.1, 0.15) is 38.2 Å². The summed E-state index contributed by atoms with van der Waals surface area (Å²) in [5.41, 5.74) is 7.20. The zero-order chi connectivity index (χ0) is 13.9. The quantitative estimate of drug-likeness (QED) is 0.754. The third kappa shape index (κ3) is 3.94. The summed E-state index contributed by atoms with van der Waals surface area (Å²) in [6.45, 7) is 2.70. The normalized spacial score (nSPS) is 17.3. The van der Waals surface area contributed by atoms with Gasteiger partial charge in [0.25, 0.3) is 0 Å². The van der Waals surface area contributed by atoms with Crippen molar-refractivity contribution in [3.8, 4) is 0 Å². The van der Waals surface area contributed by atoms with Crippen molar-refractivity contribution < 1.29 is 8.42 Å². The molecular weight excluding hydrogens is 260 g/mol. The SMILES string of the molecule is CCCC1(CNS(=O)(=O)Cc2ccccc2N)CC1. The first-order valence-electron chi connectivity index (χ1n) is 6.77. The molecule has 1 aromatic carbocycles. The van der Waals surface area contributed by atoms with Gasteiger partial charge in [0.2, 0.25) is 10.0 Å². The fraction of sp³-hybridized carbons (Fsp3) is 0.571. The van der Waals surface area contributed by atoms with Crippen LogP contribution in [0.3, 0.4) is 0 Å². The third-order valence-electron chi connectivity index (χ3n) is 3.81. The van der Waals surface area contributed by atoms with Gasteiger partial charge in [-0.2, -0.15) is 0 Å². The second-order valence-electron chi connectivity index (χ2n) is 5.53. The molecule has 3 N–H and O–H groups in total. The van der Waals surface area contributed by atoms with Gasteiger partial charge < -0.3 is 5.73 Å². The van der Waals surface area contributed by atoms with E-state index >= 15 is 0 Å². The zero-order valence-electron chi connectivity index (χ0n) is 11.4. The first kappa shape index (κ1) is 14.3. The fourth-order valence-electron chi connectivity index (χ4n) is 2.41. The molecule has 0 amide bonds. The Kier molecular flexibility index (Phi) is 4.16. The average Bonchev–Trinajstić information content (AvgIpc) is 3.11. The Labute approximate surface area is 115 Å². The van der Waals surface area contributed by atoms with E-state index < -0.39 is 10.0 Å². The molecule has 4 nitrogen and oxygen atoms in total. The van der Waals surface area contributed by atoms with Crippen LogP contribution in [-0.2, 0) is 15.8 Å². The minimum Gasteiger partial charge on any atom is -0.398 e. The first-order valence-corrected chi connectivity index (χ1v) is 8.42. The Morgan fingerprint density at radius 3 is 2.58 bits per heavy atom. The van der Waals surface area contributed by atoms with Crippen LogP contribution in [0.25, 0.3) is 0 Å². The van der Waals surface area contributed by atoms with E-state index in [0.29, 0.717) is 17.8 Å². The summed E-state index contributed by atoms with van der Waals surface area (Å²) in [5.74, 6) is -0.0398. The molecule has 1 aliphatic carbocycles. The molecule has 106 valence electrons. The molecule has 1 saturated carbocycles. The fourth-order valence-corrected chi connectivity index (χ4v) is 3.71. The predicted octanol–water partition coefficient (Wildman–Crippen LogP) is 2.27. The number of hydrogen-bond acceptors (Lipinski definition) is 3. The van der Waals surface area contributed by atoms with Gasteiger partial charge in [-0.3, -0.25) is 0 Å². The van der Waals surface area contributed by atoms with Gasteiger partial charge in [0, 0.05) is 12.2 Å². The highest BCUT2D eigenvalue weighted by Crippen LogP contribution is 2.49. The van der Waals surface area contributed by atoms with Crippen molar-refractivity contribution in [3.05, 3.63) is 29.8 Å². The Hall–Kier alpha value is -1.07. The highest BCUT2D eigenvalue weighted by atomic mass is 32.2. The molecule has 0 radical (unpaired) electrons. The van der Waals surface area contributed by atoms with Crippen LogP contribution in [0.5, 0.6) is 0 Å². The molecule has 0 unspecified atom stereocenters. The maximum atomic E-state index is 12.1. The van der Waals surface area contributed by atoms with Gasteiger partial charge in [-0.15, -0.1) is 0 Å². The van der Waals surface area contributed by atoms with Gasteiger partial charge in [0.1, 0.15) is 0 Å². The highest BCUT2D eigenvalue weighted by Gasteiger charge is 2.41. The maximum Gasteiger partial charge on any atom is 0.215 e. The lowest BCUT2D eigenvalue weighted by atomic mass is 10.0. The summed E-state index contributed by atoms with van der Waals surface area (Å²) in [7, 11) is -3.30. The monoisotopic (exact) mass is 282 g/mol. The van der Waals surface area contributed by atoms with Gasteiger partial charge in [0.15, 0.2) is 0 Å². The van der Waals surface area contributed by atoms with Gasteiger partial charge in [-0.05, 0) is 36.3 Å². The molecule has 5 heteroatoms. The van der Waals surface area contributed by atoms with Crippen molar-refractivity contribution >= 4 is 15.7 Å². The Morgan fingerprint density at radius 2 is 2.00 bits per heavy atom. The first-order chi connectivity index (χ1) is 8.96. The average molecular weight is 282 g/mol. The minimum absolute atomic E-state index is 0.0398. The van der Waals surface area contributed by atoms with E-state index in [1.54, 1.807) is 24.3 Å². The lowest BCUT2D eigenvalue weighted by Crippen LogP contribution is -2.31. The number of sulfonamides is 1. The Bertz CT molecular complexity index is 536. The molecule has 1 aromatic rings. The predicted molar refractivity (Wildman–Crippen MR) is 78.1 cm³/mol. The van der Waals surface area contributed by atoms with E-state index in [-0.39, 0.29) is 11.2 Å². The molecule has 0 heterocycles. The molecule has 0 spiro atoms. The van der Waals surface area contributed by atoms with Crippen molar-refractivity contribution in [2.75, 3.05) is 12.3 Å². The summed E-state index contributed by atoms with van der Waals surface area (Å²) in [6, 6.07) is 7.10. The summed E-state index contributed by atoms with van der Waals surface area (Å²) in [4.78, 5) is 0. The second kappa shape index (κ2) is 5.51. The smallest absolute Gasteiger partial charge is 0.215 e. The number of rotatable bonds is 7. The van der Waals surface area contributed by atoms with E-state index in [9.17, 15) is 8.42 Å². The molecule has 19 heavy (non-hydrogen) atoms. The molecule has 0 atom stereocenters. The zero-order valence-corrected chi connectivity index (χ0v) is 12.2. The Morgan fingerprint density at radius 1 is 1.32 bits per heavy atom. The van der Waals surface area contributed by atoms with Gasteiger partial charge in [0.05, 0.1) is 5.75 Å². The van der Waals surface area contributed by atoms with Crippen LogP contribution in [0, 0.1) is 5.41 Å². The van der Waals surface area contributed by atoms with Crippen molar-refractivity contribution in [3.63, 3.8) is 0 Å². The summed E-state index contributed by atoms with van der Waals surface area (Å²) in [6.07, 6.45) is 4.48. The topological polar surface area (TPSA) is 72.2 Å². The van der Waals surface area contributed by atoms with Crippen molar-refractivity contribution in [1.29, 1.82) is 0 Å². The molecule has 1 aliphatic rings. The molecule has 0 bridgehead atoms. The summed E-state index contributed by atoms with van der Waals surface area (Å²) in [5, 5.41) is 0. The number of hydrogen-bond donors (Lipinski definition) is 2. The molecule has 0 aromatic heterocycles. The standard InChI is InChI=1S/C14H22N2O2S/c1-2-7-14(8-9-14)11-16-19(17,18)10-12-5-3-4-6-13(12)15/h3-6,16H,2,7-11,15H2,1H3. The number of benzene rings is 1. The molecule has 0 aliphatic heterocycles. The third-order valence-corrected chi connectivity index (χ3v) is 5.08. The van der Waals surface area contributed by atoms with Crippen LogP contribution in [0.2, 0.25) is 0 Å². The molecule has 0 saturated heterocycles. The largest absolute Gasteiger partial charge is 0.398 e. The van der Waals surface area contributed by atoms with Crippen molar-refractivity contribution in [1.82, 2.24) is 4.72 Å².